The molecule has 4 rings (SSSR count). The Kier molecular flexibility index (Phi) is 5.97. The second-order valence-electron chi connectivity index (χ2n) is 7.50. The number of ketones is 1. The summed E-state index contributed by atoms with van der Waals surface area (Å²) in [4.78, 5) is 31.9. The lowest BCUT2D eigenvalue weighted by Gasteiger charge is -2.25. The third-order valence-electron chi connectivity index (χ3n) is 5.39. The van der Waals surface area contributed by atoms with Gasteiger partial charge in [-0.2, -0.15) is 0 Å². The van der Waals surface area contributed by atoms with Crippen LogP contribution in [0, 0.1) is 6.92 Å². The van der Waals surface area contributed by atoms with E-state index in [1.165, 1.54) is 12.0 Å². The van der Waals surface area contributed by atoms with E-state index in [2.05, 4.69) is 4.98 Å². The number of halogens is 1. The third kappa shape index (κ3) is 3.97. The van der Waals surface area contributed by atoms with Gasteiger partial charge >= 0.3 is 0 Å². The predicted molar refractivity (Wildman–Crippen MR) is 121 cm³/mol. The molecule has 1 unspecified atom stereocenters. The molecule has 0 spiro atoms. The quantitative estimate of drug-likeness (QED) is 0.348. The van der Waals surface area contributed by atoms with E-state index in [0.717, 1.165) is 5.56 Å². The van der Waals surface area contributed by atoms with Crippen LogP contribution in [0.1, 0.15) is 28.4 Å². The summed E-state index contributed by atoms with van der Waals surface area (Å²) in [6, 6.07) is 16.7. The minimum absolute atomic E-state index is 0.00264. The van der Waals surface area contributed by atoms with Gasteiger partial charge in [-0.1, -0.05) is 41.4 Å². The van der Waals surface area contributed by atoms with Gasteiger partial charge in [0.25, 0.3) is 11.7 Å². The fourth-order valence-corrected chi connectivity index (χ4v) is 3.98. The summed E-state index contributed by atoms with van der Waals surface area (Å²) in [6.07, 6.45) is 1.63. The molecule has 6 nitrogen and oxygen atoms in total. The van der Waals surface area contributed by atoms with Gasteiger partial charge in [-0.25, -0.2) is 0 Å². The number of Topliss-reactive ketones (excluding diaryl/α,β-unsaturated/α-hetero) is 1. The van der Waals surface area contributed by atoms with Crippen LogP contribution in [0.25, 0.3) is 5.76 Å². The zero-order valence-corrected chi connectivity index (χ0v) is 18.3. The van der Waals surface area contributed by atoms with Crippen molar-refractivity contribution in [3.8, 4) is 5.75 Å². The molecular weight excluding hydrogens is 428 g/mol. The molecule has 0 bridgehead atoms. The number of hydrogen-bond donors (Lipinski definition) is 1. The van der Waals surface area contributed by atoms with E-state index in [1.54, 1.807) is 54.7 Å². The first-order valence-corrected chi connectivity index (χ1v) is 10.4. The molecule has 1 fully saturated rings. The van der Waals surface area contributed by atoms with Crippen molar-refractivity contribution in [2.24, 2.45) is 0 Å². The smallest absolute Gasteiger partial charge is 0.296 e. The van der Waals surface area contributed by atoms with Crippen molar-refractivity contribution in [2.75, 3.05) is 7.11 Å². The summed E-state index contributed by atoms with van der Waals surface area (Å²) >= 11 is 6.06. The van der Waals surface area contributed by atoms with E-state index in [0.29, 0.717) is 27.6 Å². The molecule has 0 saturated carbocycles. The summed E-state index contributed by atoms with van der Waals surface area (Å²) in [6.45, 7) is 1.98. The lowest BCUT2D eigenvalue weighted by molar-refractivity contribution is -0.140. The minimum atomic E-state index is -0.806. The molecule has 1 saturated heterocycles. The minimum Gasteiger partial charge on any atom is -0.507 e. The molecular formula is C25H21ClN2O4. The summed E-state index contributed by atoms with van der Waals surface area (Å²) in [5.74, 6) is -1.35. The second kappa shape index (κ2) is 8.85. The molecule has 1 aliphatic heterocycles. The highest BCUT2D eigenvalue weighted by Gasteiger charge is 2.46. The van der Waals surface area contributed by atoms with E-state index >= 15 is 0 Å². The SMILES string of the molecule is COc1ccc(C)cc1/C(O)=C1\C(=O)C(=O)N(Cc2ccccn2)C1c1ccc(Cl)cc1. The predicted octanol–water partition coefficient (Wildman–Crippen LogP) is 4.67. The van der Waals surface area contributed by atoms with Crippen molar-refractivity contribution in [1.82, 2.24) is 9.88 Å². The molecule has 0 aliphatic carbocycles. The van der Waals surface area contributed by atoms with Gasteiger partial charge in [0.2, 0.25) is 0 Å². The number of nitrogens with zero attached hydrogens (tertiary/aromatic N) is 2. The topological polar surface area (TPSA) is 79.7 Å². The van der Waals surface area contributed by atoms with Crippen LogP contribution in [0.4, 0.5) is 0 Å². The highest BCUT2D eigenvalue weighted by Crippen LogP contribution is 2.41. The Balaban J connectivity index is 1.91. The Morgan fingerprint density at radius 1 is 1.12 bits per heavy atom. The Hall–Kier alpha value is -3.64. The molecule has 1 N–H and O–H groups in total. The molecule has 1 atom stereocenters. The van der Waals surface area contributed by atoms with Crippen molar-refractivity contribution in [3.63, 3.8) is 0 Å². The molecule has 1 amide bonds. The Morgan fingerprint density at radius 2 is 1.88 bits per heavy atom. The summed E-state index contributed by atoms with van der Waals surface area (Å²) in [7, 11) is 1.48. The standard InChI is InChI=1S/C25H21ClN2O4/c1-15-6-11-20(32-2)19(13-15)23(29)21-22(16-7-9-17(26)10-8-16)28(25(31)24(21)30)14-18-5-3-4-12-27-18/h3-13,22,29H,14H2,1-2H3/b23-21+. The third-order valence-corrected chi connectivity index (χ3v) is 5.65. The summed E-state index contributed by atoms with van der Waals surface area (Å²) in [5, 5.41) is 11.8. The van der Waals surface area contributed by atoms with Gasteiger partial charge in [0, 0.05) is 11.2 Å². The number of methoxy groups -OCH3 is 1. The monoisotopic (exact) mass is 448 g/mol. The van der Waals surface area contributed by atoms with Gasteiger partial charge in [0.05, 0.1) is 36.5 Å². The van der Waals surface area contributed by atoms with Gasteiger partial charge in [-0.05, 0) is 48.9 Å². The molecule has 3 aromatic rings. The first-order valence-electron chi connectivity index (χ1n) is 9.99. The van der Waals surface area contributed by atoms with E-state index in [9.17, 15) is 14.7 Å². The summed E-state index contributed by atoms with van der Waals surface area (Å²) in [5.41, 5.74) is 2.50. The van der Waals surface area contributed by atoms with Gasteiger partial charge in [-0.15, -0.1) is 0 Å². The molecule has 1 aliphatic rings. The Bertz CT molecular complexity index is 1210. The van der Waals surface area contributed by atoms with Crippen LogP contribution in [0.3, 0.4) is 0 Å². The van der Waals surface area contributed by atoms with Gasteiger partial charge in [0.15, 0.2) is 0 Å². The maximum absolute atomic E-state index is 13.2. The van der Waals surface area contributed by atoms with Crippen LogP contribution in [-0.2, 0) is 16.1 Å². The highest BCUT2D eigenvalue weighted by atomic mass is 35.5. The second-order valence-corrected chi connectivity index (χ2v) is 7.94. The largest absolute Gasteiger partial charge is 0.507 e. The van der Waals surface area contributed by atoms with Crippen LogP contribution in [0.2, 0.25) is 5.02 Å². The number of aryl methyl sites for hydroxylation is 1. The molecule has 1 aromatic heterocycles. The number of aliphatic hydroxyl groups excluding tert-OH is 1. The van der Waals surface area contributed by atoms with E-state index < -0.39 is 17.7 Å². The fraction of sp³-hybridized carbons (Fsp3) is 0.160. The average molecular weight is 449 g/mol. The van der Waals surface area contributed by atoms with Crippen molar-refractivity contribution < 1.29 is 19.4 Å². The van der Waals surface area contributed by atoms with Gasteiger partial charge < -0.3 is 14.7 Å². The normalized spacial score (nSPS) is 17.6. The number of hydrogen-bond acceptors (Lipinski definition) is 5. The average Bonchev–Trinajstić information content (AvgIpc) is 3.04. The van der Waals surface area contributed by atoms with Crippen LogP contribution in [0.5, 0.6) is 5.75 Å². The number of aliphatic hydroxyl groups is 1. The first kappa shape index (κ1) is 21.6. The number of rotatable bonds is 5. The Morgan fingerprint density at radius 3 is 2.53 bits per heavy atom. The number of benzene rings is 2. The van der Waals surface area contributed by atoms with E-state index in [1.807, 2.05) is 19.1 Å². The number of ether oxygens (including phenoxy) is 1. The molecule has 2 heterocycles. The van der Waals surface area contributed by atoms with Crippen LogP contribution >= 0.6 is 11.6 Å². The first-order chi connectivity index (χ1) is 15.4. The maximum Gasteiger partial charge on any atom is 0.296 e. The van der Waals surface area contributed by atoms with Gasteiger partial charge in [0.1, 0.15) is 11.5 Å². The number of amides is 1. The molecule has 7 heteroatoms. The molecule has 0 radical (unpaired) electrons. The lowest BCUT2D eigenvalue weighted by atomic mass is 9.94. The molecule has 32 heavy (non-hydrogen) atoms. The number of carbonyl (C=O) groups excluding carboxylic acids is 2. The number of carbonyl (C=O) groups is 2. The van der Waals surface area contributed by atoms with E-state index in [-0.39, 0.29) is 17.9 Å². The van der Waals surface area contributed by atoms with Gasteiger partial charge in [-0.3, -0.25) is 14.6 Å². The lowest BCUT2D eigenvalue weighted by Crippen LogP contribution is -2.29. The van der Waals surface area contributed by atoms with Crippen molar-refractivity contribution in [2.45, 2.75) is 19.5 Å². The van der Waals surface area contributed by atoms with Crippen molar-refractivity contribution in [3.05, 3.63) is 99.8 Å². The number of pyridine rings is 1. The zero-order chi connectivity index (χ0) is 22.8. The fourth-order valence-electron chi connectivity index (χ4n) is 3.85. The van der Waals surface area contributed by atoms with Crippen molar-refractivity contribution in [1.29, 1.82) is 0 Å². The van der Waals surface area contributed by atoms with Crippen LogP contribution < -0.4 is 4.74 Å². The van der Waals surface area contributed by atoms with Crippen LogP contribution in [-0.4, -0.2) is 33.8 Å². The zero-order valence-electron chi connectivity index (χ0n) is 17.6. The summed E-state index contributed by atoms with van der Waals surface area (Å²) < 4.78 is 5.39. The maximum atomic E-state index is 13.2. The molecule has 2 aromatic carbocycles. The molecule has 162 valence electrons. The number of likely N-dealkylation sites (tertiary alicyclic amines) is 1. The number of aromatic nitrogens is 1. The Labute approximate surface area is 190 Å². The van der Waals surface area contributed by atoms with Crippen molar-refractivity contribution >= 4 is 29.1 Å². The van der Waals surface area contributed by atoms with E-state index in [4.69, 9.17) is 16.3 Å². The van der Waals surface area contributed by atoms with Crippen LogP contribution in [0.15, 0.2) is 72.4 Å². The highest BCUT2D eigenvalue weighted by molar-refractivity contribution is 6.46.